The molecular formula is C16H26N4. The van der Waals surface area contributed by atoms with Crippen molar-refractivity contribution in [3.63, 3.8) is 0 Å². The Bertz CT molecular complexity index is 452. The van der Waals surface area contributed by atoms with Crippen molar-refractivity contribution in [1.29, 1.82) is 0 Å². The highest BCUT2D eigenvalue weighted by Crippen LogP contribution is 2.26. The van der Waals surface area contributed by atoms with Crippen molar-refractivity contribution in [2.45, 2.75) is 19.4 Å². The van der Waals surface area contributed by atoms with Crippen LogP contribution in [0.25, 0.3) is 0 Å². The van der Waals surface area contributed by atoms with Crippen LogP contribution in [0.15, 0.2) is 18.2 Å². The molecule has 0 amide bonds. The Morgan fingerprint density at radius 3 is 2.65 bits per heavy atom. The van der Waals surface area contributed by atoms with Gasteiger partial charge in [0.1, 0.15) is 0 Å². The quantitative estimate of drug-likeness (QED) is 0.897. The first-order chi connectivity index (χ1) is 9.72. The Morgan fingerprint density at radius 2 is 1.85 bits per heavy atom. The third-order valence-corrected chi connectivity index (χ3v) is 4.50. The first kappa shape index (κ1) is 13.9. The molecule has 1 fully saturated rings. The first-order valence-corrected chi connectivity index (χ1v) is 7.72. The zero-order valence-corrected chi connectivity index (χ0v) is 12.7. The lowest BCUT2D eigenvalue weighted by molar-refractivity contribution is 0.102. The number of fused-ring (bicyclic) bond motifs is 1. The number of benzene rings is 1. The second-order valence-electron chi connectivity index (χ2n) is 6.11. The van der Waals surface area contributed by atoms with E-state index < -0.39 is 0 Å². The van der Waals surface area contributed by atoms with Gasteiger partial charge < -0.3 is 9.80 Å². The molecule has 0 aromatic heterocycles. The molecule has 1 aromatic rings. The van der Waals surface area contributed by atoms with Gasteiger partial charge in [0.25, 0.3) is 0 Å². The van der Waals surface area contributed by atoms with Crippen LogP contribution < -0.4 is 10.3 Å². The largest absolute Gasteiger partial charge is 0.374 e. The second-order valence-corrected chi connectivity index (χ2v) is 6.11. The van der Waals surface area contributed by atoms with Gasteiger partial charge in [-0.05, 0) is 37.1 Å². The number of likely N-dealkylation sites (N-methyl/N-ethyl adjacent to an activating group) is 1. The minimum Gasteiger partial charge on any atom is -0.374 e. The maximum absolute atomic E-state index is 3.57. The summed E-state index contributed by atoms with van der Waals surface area (Å²) in [5, 5.41) is 2.35. The van der Waals surface area contributed by atoms with Crippen molar-refractivity contribution in [2.75, 3.05) is 51.7 Å². The normalized spacial score (nSPS) is 21.0. The molecule has 3 rings (SSSR count). The van der Waals surface area contributed by atoms with Crippen LogP contribution in [0, 0.1) is 0 Å². The van der Waals surface area contributed by atoms with Crippen molar-refractivity contribution < 1.29 is 0 Å². The topological polar surface area (TPSA) is 21.8 Å². The molecule has 2 heterocycles. The van der Waals surface area contributed by atoms with Crippen molar-refractivity contribution >= 4 is 5.69 Å². The van der Waals surface area contributed by atoms with Gasteiger partial charge in [-0.1, -0.05) is 12.1 Å². The van der Waals surface area contributed by atoms with E-state index in [0.29, 0.717) is 0 Å². The van der Waals surface area contributed by atoms with Gasteiger partial charge >= 0.3 is 0 Å². The summed E-state index contributed by atoms with van der Waals surface area (Å²) in [6.07, 6.45) is 2.50. The number of rotatable bonds is 3. The fraction of sp³-hybridized carbons (Fsp3) is 0.625. The van der Waals surface area contributed by atoms with Crippen molar-refractivity contribution in [1.82, 2.24) is 15.3 Å². The summed E-state index contributed by atoms with van der Waals surface area (Å²) in [5.74, 6) is 0. The molecule has 4 nitrogen and oxygen atoms in total. The molecule has 1 N–H and O–H groups in total. The second kappa shape index (κ2) is 6.12. The number of piperazine rings is 1. The van der Waals surface area contributed by atoms with Crippen LogP contribution in [0.3, 0.4) is 0 Å². The number of hydrazine groups is 1. The van der Waals surface area contributed by atoms with Crippen molar-refractivity contribution in [3.8, 4) is 0 Å². The number of aryl methyl sites for hydroxylation is 1. The van der Waals surface area contributed by atoms with Crippen LogP contribution >= 0.6 is 0 Å². The van der Waals surface area contributed by atoms with E-state index in [2.05, 4.69) is 52.5 Å². The van der Waals surface area contributed by atoms with E-state index in [1.54, 1.807) is 0 Å². The van der Waals surface area contributed by atoms with Crippen LogP contribution in [0.5, 0.6) is 0 Å². The maximum atomic E-state index is 3.57. The molecule has 0 aliphatic carbocycles. The van der Waals surface area contributed by atoms with Crippen molar-refractivity contribution in [3.05, 3.63) is 29.3 Å². The third-order valence-electron chi connectivity index (χ3n) is 4.50. The summed E-state index contributed by atoms with van der Waals surface area (Å²) in [6.45, 7) is 6.67. The molecule has 1 saturated heterocycles. The van der Waals surface area contributed by atoms with E-state index in [9.17, 15) is 0 Å². The van der Waals surface area contributed by atoms with Gasteiger partial charge in [0.05, 0.1) is 0 Å². The predicted octanol–water partition coefficient (Wildman–Crippen LogP) is 1.32. The van der Waals surface area contributed by atoms with Gasteiger partial charge in [-0.3, -0.25) is 5.43 Å². The standard InChI is InChI=1S/C16H26N4/c1-18-8-10-20(11-9-18)17-13-14-5-6-16-15(12-14)4-3-7-19(16)2/h5-6,12,17H,3-4,7-11,13H2,1-2H3. The zero-order chi connectivity index (χ0) is 13.9. The first-order valence-electron chi connectivity index (χ1n) is 7.72. The van der Waals surface area contributed by atoms with Crippen molar-refractivity contribution in [2.24, 2.45) is 0 Å². The average molecular weight is 274 g/mol. The van der Waals surface area contributed by atoms with Crippen LogP contribution in [0.4, 0.5) is 5.69 Å². The van der Waals surface area contributed by atoms with Gasteiger partial charge in [0.15, 0.2) is 0 Å². The van der Waals surface area contributed by atoms with Gasteiger partial charge in [-0.25, -0.2) is 5.01 Å². The molecule has 1 aromatic carbocycles. The summed E-state index contributed by atoms with van der Waals surface area (Å²) in [7, 11) is 4.39. The van der Waals surface area contributed by atoms with E-state index >= 15 is 0 Å². The lowest BCUT2D eigenvalue weighted by Crippen LogP contribution is -2.50. The summed E-state index contributed by atoms with van der Waals surface area (Å²) in [5.41, 5.74) is 7.90. The fourth-order valence-corrected chi connectivity index (χ4v) is 3.12. The van der Waals surface area contributed by atoms with Gasteiger partial charge in [0, 0.05) is 52.0 Å². The average Bonchev–Trinajstić information content (AvgIpc) is 2.47. The predicted molar refractivity (Wildman–Crippen MR) is 83.9 cm³/mol. The Labute approximate surface area is 122 Å². The van der Waals surface area contributed by atoms with E-state index in [1.165, 1.54) is 36.2 Å². The Hall–Kier alpha value is -1.10. The molecule has 2 aliphatic rings. The molecule has 20 heavy (non-hydrogen) atoms. The van der Waals surface area contributed by atoms with E-state index in [1.807, 2.05) is 0 Å². The minimum absolute atomic E-state index is 0.945. The lowest BCUT2D eigenvalue weighted by atomic mass is 10.00. The molecule has 0 atom stereocenters. The molecule has 110 valence electrons. The van der Waals surface area contributed by atoms with Crippen LogP contribution in [-0.4, -0.2) is 56.7 Å². The van der Waals surface area contributed by atoms with Gasteiger partial charge in [0.2, 0.25) is 0 Å². The molecule has 0 saturated carbocycles. The number of hydrogen-bond donors (Lipinski definition) is 1. The van der Waals surface area contributed by atoms with Crippen LogP contribution in [0.2, 0.25) is 0 Å². The van der Waals surface area contributed by atoms with Gasteiger partial charge in [-0.2, -0.15) is 0 Å². The summed E-state index contributed by atoms with van der Waals surface area (Å²) >= 11 is 0. The van der Waals surface area contributed by atoms with E-state index in [0.717, 1.165) is 32.7 Å². The number of anilines is 1. The highest BCUT2D eigenvalue weighted by atomic mass is 15.5. The molecule has 0 radical (unpaired) electrons. The Morgan fingerprint density at radius 1 is 1.05 bits per heavy atom. The summed E-state index contributed by atoms with van der Waals surface area (Å²) < 4.78 is 0. The third kappa shape index (κ3) is 3.14. The lowest BCUT2D eigenvalue weighted by Gasteiger charge is -2.33. The molecule has 0 bridgehead atoms. The molecule has 2 aliphatic heterocycles. The number of hydrogen-bond acceptors (Lipinski definition) is 4. The van der Waals surface area contributed by atoms with Crippen LogP contribution in [-0.2, 0) is 13.0 Å². The maximum Gasteiger partial charge on any atom is 0.0396 e. The summed E-state index contributed by atoms with van der Waals surface area (Å²) in [4.78, 5) is 4.75. The Balaban J connectivity index is 1.58. The SMILES string of the molecule is CN1CCN(NCc2ccc3c(c2)CCCN3C)CC1. The number of nitrogens with one attached hydrogen (secondary N) is 1. The minimum atomic E-state index is 0.945. The fourth-order valence-electron chi connectivity index (χ4n) is 3.12. The Kier molecular flexibility index (Phi) is 4.24. The smallest absolute Gasteiger partial charge is 0.0396 e. The number of nitrogens with zero attached hydrogens (tertiary/aromatic N) is 3. The van der Waals surface area contributed by atoms with Gasteiger partial charge in [-0.15, -0.1) is 0 Å². The molecule has 0 spiro atoms. The van der Waals surface area contributed by atoms with E-state index in [4.69, 9.17) is 0 Å². The molecule has 0 unspecified atom stereocenters. The monoisotopic (exact) mass is 274 g/mol. The molecular weight excluding hydrogens is 248 g/mol. The summed E-state index contributed by atoms with van der Waals surface area (Å²) in [6, 6.07) is 6.94. The highest BCUT2D eigenvalue weighted by Gasteiger charge is 2.15. The van der Waals surface area contributed by atoms with Crippen LogP contribution in [0.1, 0.15) is 17.5 Å². The zero-order valence-electron chi connectivity index (χ0n) is 12.7. The molecule has 4 heteroatoms. The van der Waals surface area contributed by atoms with E-state index in [-0.39, 0.29) is 0 Å². The highest BCUT2D eigenvalue weighted by molar-refractivity contribution is 5.56.